The summed E-state index contributed by atoms with van der Waals surface area (Å²) in [5.74, 6) is 0.314. The van der Waals surface area contributed by atoms with E-state index in [4.69, 9.17) is 4.18 Å². The van der Waals surface area contributed by atoms with Crippen molar-refractivity contribution in [1.29, 1.82) is 0 Å². The predicted molar refractivity (Wildman–Crippen MR) is 112 cm³/mol. The van der Waals surface area contributed by atoms with Crippen LogP contribution in [0.2, 0.25) is 0 Å². The fraction of sp³-hybridized carbons (Fsp3) is 0.217. The standard InChI is InChI=1S/C23H25NO3S/c1-18-8-14-23(15-9-18)28(25,26)27-22-12-10-20(11-13-22)16-19(2)24-17-21-6-4-3-5-7-21/h3-15,19,24H,16-17H2,1-2H3. The van der Waals surface area contributed by atoms with Crippen LogP contribution >= 0.6 is 0 Å². The van der Waals surface area contributed by atoms with E-state index in [1.54, 1.807) is 36.4 Å². The average molecular weight is 396 g/mol. The van der Waals surface area contributed by atoms with Crippen LogP contribution in [0.1, 0.15) is 23.6 Å². The van der Waals surface area contributed by atoms with E-state index in [1.807, 2.05) is 37.3 Å². The van der Waals surface area contributed by atoms with Crippen LogP contribution in [0.15, 0.2) is 83.8 Å². The zero-order valence-electron chi connectivity index (χ0n) is 16.1. The molecule has 0 aromatic heterocycles. The Bertz CT molecular complexity index is 982. The topological polar surface area (TPSA) is 55.4 Å². The largest absolute Gasteiger partial charge is 0.379 e. The number of benzene rings is 3. The molecule has 1 atom stereocenters. The summed E-state index contributed by atoms with van der Waals surface area (Å²) in [6, 6.07) is 24.4. The van der Waals surface area contributed by atoms with Gasteiger partial charge in [0.05, 0.1) is 0 Å². The predicted octanol–water partition coefficient (Wildman–Crippen LogP) is 4.48. The second-order valence-corrected chi connectivity index (χ2v) is 8.51. The van der Waals surface area contributed by atoms with Gasteiger partial charge in [0.2, 0.25) is 0 Å². The molecular weight excluding hydrogens is 370 g/mol. The molecule has 0 saturated carbocycles. The Morgan fingerprint density at radius 3 is 2.14 bits per heavy atom. The van der Waals surface area contributed by atoms with E-state index in [0.717, 1.165) is 24.1 Å². The van der Waals surface area contributed by atoms with Crippen molar-refractivity contribution in [2.24, 2.45) is 0 Å². The van der Waals surface area contributed by atoms with Crippen LogP contribution in [-0.4, -0.2) is 14.5 Å². The molecule has 146 valence electrons. The van der Waals surface area contributed by atoms with Gasteiger partial charge in [-0.05, 0) is 55.7 Å². The molecule has 0 heterocycles. The Labute approximate surface area is 167 Å². The summed E-state index contributed by atoms with van der Waals surface area (Å²) in [7, 11) is -3.82. The van der Waals surface area contributed by atoms with Crippen molar-refractivity contribution in [2.75, 3.05) is 0 Å². The number of aryl methyl sites for hydroxylation is 1. The van der Waals surface area contributed by atoms with Crippen molar-refractivity contribution in [3.05, 3.63) is 95.6 Å². The van der Waals surface area contributed by atoms with Crippen LogP contribution in [-0.2, 0) is 23.1 Å². The second-order valence-electron chi connectivity index (χ2n) is 6.97. The molecule has 0 fully saturated rings. The van der Waals surface area contributed by atoms with E-state index in [1.165, 1.54) is 5.56 Å². The van der Waals surface area contributed by atoms with Crippen molar-refractivity contribution in [2.45, 2.75) is 37.8 Å². The van der Waals surface area contributed by atoms with Gasteiger partial charge in [-0.1, -0.05) is 60.2 Å². The molecule has 0 saturated heterocycles. The maximum atomic E-state index is 12.4. The van der Waals surface area contributed by atoms with Gasteiger partial charge < -0.3 is 9.50 Å². The summed E-state index contributed by atoms with van der Waals surface area (Å²) in [5.41, 5.74) is 3.37. The summed E-state index contributed by atoms with van der Waals surface area (Å²) in [4.78, 5) is 0.154. The van der Waals surface area contributed by atoms with Gasteiger partial charge in [0.25, 0.3) is 0 Å². The first-order chi connectivity index (χ1) is 13.4. The van der Waals surface area contributed by atoms with Gasteiger partial charge in [-0.2, -0.15) is 8.42 Å². The summed E-state index contributed by atoms with van der Waals surface area (Å²) in [6.07, 6.45) is 0.845. The highest BCUT2D eigenvalue weighted by molar-refractivity contribution is 7.87. The molecule has 4 nitrogen and oxygen atoms in total. The SMILES string of the molecule is Cc1ccc(S(=O)(=O)Oc2ccc(CC(C)NCc3ccccc3)cc2)cc1. The fourth-order valence-electron chi connectivity index (χ4n) is 2.87. The zero-order valence-corrected chi connectivity index (χ0v) is 16.9. The van der Waals surface area contributed by atoms with Crippen LogP contribution in [0.25, 0.3) is 0 Å². The van der Waals surface area contributed by atoms with Crippen molar-refractivity contribution < 1.29 is 12.6 Å². The summed E-state index contributed by atoms with van der Waals surface area (Å²) in [6.45, 7) is 4.86. The lowest BCUT2D eigenvalue weighted by molar-refractivity contribution is 0.485. The highest BCUT2D eigenvalue weighted by Gasteiger charge is 2.16. The van der Waals surface area contributed by atoms with Gasteiger partial charge in [-0.15, -0.1) is 0 Å². The Balaban J connectivity index is 1.56. The minimum absolute atomic E-state index is 0.154. The monoisotopic (exact) mass is 395 g/mol. The van der Waals surface area contributed by atoms with E-state index in [0.29, 0.717) is 11.8 Å². The lowest BCUT2D eigenvalue weighted by atomic mass is 10.1. The van der Waals surface area contributed by atoms with Gasteiger partial charge in [-0.3, -0.25) is 0 Å². The molecule has 0 aliphatic rings. The molecule has 0 aliphatic heterocycles. The van der Waals surface area contributed by atoms with Gasteiger partial charge in [0.15, 0.2) is 0 Å². The Morgan fingerprint density at radius 2 is 1.50 bits per heavy atom. The summed E-state index contributed by atoms with van der Waals surface area (Å²) >= 11 is 0. The lowest BCUT2D eigenvalue weighted by Crippen LogP contribution is -2.27. The molecular formula is C23H25NO3S. The molecule has 5 heteroatoms. The third-order valence-electron chi connectivity index (χ3n) is 4.48. The normalized spacial score (nSPS) is 12.5. The Morgan fingerprint density at radius 1 is 0.857 bits per heavy atom. The van der Waals surface area contributed by atoms with Crippen LogP contribution in [0, 0.1) is 6.92 Å². The first kappa shape index (κ1) is 20.1. The molecule has 0 spiro atoms. The highest BCUT2D eigenvalue weighted by Crippen LogP contribution is 2.20. The quantitative estimate of drug-likeness (QED) is 0.571. The van der Waals surface area contributed by atoms with Gasteiger partial charge in [0, 0.05) is 12.6 Å². The Hall–Kier alpha value is -2.63. The molecule has 1 unspecified atom stereocenters. The molecule has 3 aromatic carbocycles. The van der Waals surface area contributed by atoms with E-state index < -0.39 is 10.1 Å². The third kappa shape index (κ3) is 5.68. The minimum atomic E-state index is -3.82. The third-order valence-corrected chi connectivity index (χ3v) is 5.74. The zero-order chi connectivity index (χ0) is 20.0. The molecule has 3 rings (SSSR count). The number of rotatable bonds is 8. The van der Waals surface area contributed by atoms with Crippen LogP contribution in [0.5, 0.6) is 5.75 Å². The highest BCUT2D eigenvalue weighted by atomic mass is 32.2. The van der Waals surface area contributed by atoms with Crippen molar-refractivity contribution in [3.8, 4) is 5.75 Å². The molecule has 0 amide bonds. The van der Waals surface area contributed by atoms with Crippen molar-refractivity contribution in [3.63, 3.8) is 0 Å². The molecule has 0 radical (unpaired) electrons. The van der Waals surface area contributed by atoms with Gasteiger partial charge in [0.1, 0.15) is 10.6 Å². The first-order valence-electron chi connectivity index (χ1n) is 9.30. The molecule has 1 N–H and O–H groups in total. The van der Waals surface area contributed by atoms with E-state index >= 15 is 0 Å². The maximum absolute atomic E-state index is 12.4. The molecule has 0 aliphatic carbocycles. The number of hydrogen-bond acceptors (Lipinski definition) is 4. The second kappa shape index (κ2) is 9.04. The van der Waals surface area contributed by atoms with Crippen molar-refractivity contribution in [1.82, 2.24) is 5.32 Å². The first-order valence-corrected chi connectivity index (χ1v) is 10.7. The summed E-state index contributed by atoms with van der Waals surface area (Å²) in [5, 5.41) is 3.50. The van der Waals surface area contributed by atoms with Gasteiger partial charge >= 0.3 is 10.1 Å². The van der Waals surface area contributed by atoms with Crippen LogP contribution < -0.4 is 9.50 Å². The summed E-state index contributed by atoms with van der Waals surface area (Å²) < 4.78 is 30.0. The Kier molecular flexibility index (Phi) is 6.49. The minimum Gasteiger partial charge on any atom is -0.379 e. The number of nitrogens with one attached hydrogen (secondary N) is 1. The van der Waals surface area contributed by atoms with Crippen LogP contribution in [0.3, 0.4) is 0 Å². The smallest absolute Gasteiger partial charge is 0.339 e. The van der Waals surface area contributed by atoms with E-state index in [2.05, 4.69) is 24.4 Å². The van der Waals surface area contributed by atoms with E-state index in [-0.39, 0.29) is 4.90 Å². The van der Waals surface area contributed by atoms with Gasteiger partial charge in [-0.25, -0.2) is 0 Å². The molecule has 3 aromatic rings. The van der Waals surface area contributed by atoms with Crippen LogP contribution in [0.4, 0.5) is 0 Å². The maximum Gasteiger partial charge on any atom is 0.339 e. The van der Waals surface area contributed by atoms with E-state index in [9.17, 15) is 8.42 Å². The lowest BCUT2D eigenvalue weighted by Gasteiger charge is -2.14. The van der Waals surface area contributed by atoms with Crippen molar-refractivity contribution >= 4 is 10.1 Å². The molecule has 28 heavy (non-hydrogen) atoms. The fourth-order valence-corrected chi connectivity index (χ4v) is 3.80. The average Bonchev–Trinajstić information content (AvgIpc) is 2.69. The molecule has 0 bridgehead atoms. The number of hydrogen-bond donors (Lipinski definition) is 1.